The highest BCUT2D eigenvalue weighted by Gasteiger charge is 2.08. The molecule has 2 rings (SSSR count). The number of para-hydroxylation sites is 1. The SMILES string of the molecule is Nc1c(Cl)cccc1-c1n[nH]c(=O)[nH]1. The van der Waals surface area contributed by atoms with Gasteiger partial charge in [0.1, 0.15) is 0 Å². The lowest BCUT2D eigenvalue weighted by Gasteiger charge is -2.02. The molecule has 0 bridgehead atoms. The summed E-state index contributed by atoms with van der Waals surface area (Å²) in [6.45, 7) is 0. The van der Waals surface area contributed by atoms with E-state index in [1.165, 1.54) is 0 Å². The number of nitrogens with two attached hydrogens (primary N) is 1. The van der Waals surface area contributed by atoms with E-state index in [0.29, 0.717) is 22.1 Å². The summed E-state index contributed by atoms with van der Waals surface area (Å²) in [4.78, 5) is 13.3. The molecule has 4 N–H and O–H groups in total. The van der Waals surface area contributed by atoms with Gasteiger partial charge >= 0.3 is 5.69 Å². The summed E-state index contributed by atoms with van der Waals surface area (Å²) in [6.07, 6.45) is 0. The molecule has 0 radical (unpaired) electrons. The number of nitrogens with zero attached hydrogens (tertiary/aromatic N) is 1. The Balaban J connectivity index is 2.62. The highest BCUT2D eigenvalue weighted by molar-refractivity contribution is 6.33. The summed E-state index contributed by atoms with van der Waals surface area (Å²) in [5, 5.41) is 6.45. The number of halogens is 1. The first kappa shape index (κ1) is 8.83. The fourth-order valence-corrected chi connectivity index (χ4v) is 1.32. The molecule has 6 heteroatoms. The molecule has 2 aromatic rings. The molecule has 0 aliphatic rings. The van der Waals surface area contributed by atoms with E-state index in [1.807, 2.05) is 0 Å². The second kappa shape index (κ2) is 3.19. The predicted octanol–water partition coefficient (Wildman–Crippen LogP) is 1.00. The number of H-pyrrole nitrogens is 2. The van der Waals surface area contributed by atoms with Crippen molar-refractivity contribution in [3.8, 4) is 11.4 Å². The molecule has 0 spiro atoms. The van der Waals surface area contributed by atoms with Crippen molar-refractivity contribution in [2.45, 2.75) is 0 Å². The van der Waals surface area contributed by atoms with Crippen LogP contribution < -0.4 is 11.4 Å². The van der Waals surface area contributed by atoms with Crippen LogP contribution in [0.2, 0.25) is 5.02 Å². The first-order chi connectivity index (χ1) is 6.68. The molecule has 0 aliphatic carbocycles. The van der Waals surface area contributed by atoms with Crippen molar-refractivity contribution >= 4 is 17.3 Å². The van der Waals surface area contributed by atoms with Crippen LogP contribution >= 0.6 is 11.6 Å². The third-order valence-electron chi connectivity index (χ3n) is 1.81. The van der Waals surface area contributed by atoms with Gasteiger partial charge in [-0.05, 0) is 12.1 Å². The Morgan fingerprint density at radius 1 is 1.43 bits per heavy atom. The molecule has 1 aromatic heterocycles. The molecular weight excluding hydrogens is 204 g/mol. The van der Waals surface area contributed by atoms with Crippen LogP contribution in [-0.2, 0) is 0 Å². The molecule has 0 amide bonds. The molecule has 1 aromatic carbocycles. The Bertz CT molecular complexity index is 516. The van der Waals surface area contributed by atoms with Crippen molar-refractivity contribution in [3.05, 3.63) is 33.7 Å². The second-order valence-corrected chi connectivity index (χ2v) is 3.13. The quantitative estimate of drug-likeness (QED) is 0.614. The maximum atomic E-state index is 10.8. The Morgan fingerprint density at radius 3 is 2.86 bits per heavy atom. The third kappa shape index (κ3) is 1.38. The second-order valence-electron chi connectivity index (χ2n) is 2.73. The zero-order valence-corrected chi connectivity index (χ0v) is 7.80. The van der Waals surface area contributed by atoms with Gasteiger partial charge in [0.25, 0.3) is 0 Å². The lowest BCUT2D eigenvalue weighted by Crippen LogP contribution is -2.00. The first-order valence-electron chi connectivity index (χ1n) is 3.87. The Morgan fingerprint density at radius 2 is 2.21 bits per heavy atom. The Labute approximate surface area is 83.9 Å². The maximum absolute atomic E-state index is 10.8. The minimum atomic E-state index is -0.376. The molecule has 14 heavy (non-hydrogen) atoms. The fraction of sp³-hybridized carbons (Fsp3) is 0. The van der Waals surface area contributed by atoms with Crippen molar-refractivity contribution in [1.29, 1.82) is 0 Å². The molecule has 0 fully saturated rings. The largest absolute Gasteiger partial charge is 0.397 e. The lowest BCUT2D eigenvalue weighted by molar-refractivity contribution is 1.05. The monoisotopic (exact) mass is 210 g/mol. The topological polar surface area (TPSA) is 87.6 Å². The van der Waals surface area contributed by atoms with Gasteiger partial charge in [-0.15, -0.1) is 0 Å². The zero-order valence-electron chi connectivity index (χ0n) is 7.04. The van der Waals surface area contributed by atoms with Crippen molar-refractivity contribution in [2.75, 3.05) is 5.73 Å². The van der Waals surface area contributed by atoms with Crippen LogP contribution in [0.3, 0.4) is 0 Å². The Kier molecular flexibility index (Phi) is 2.01. The molecule has 5 nitrogen and oxygen atoms in total. The molecule has 0 atom stereocenters. The van der Waals surface area contributed by atoms with E-state index in [-0.39, 0.29) is 5.69 Å². The van der Waals surface area contributed by atoms with Crippen LogP contribution in [0.15, 0.2) is 23.0 Å². The van der Waals surface area contributed by atoms with Crippen molar-refractivity contribution < 1.29 is 0 Å². The van der Waals surface area contributed by atoms with E-state index < -0.39 is 0 Å². The van der Waals surface area contributed by atoms with Gasteiger partial charge in [0.2, 0.25) is 0 Å². The summed E-state index contributed by atoms with van der Waals surface area (Å²) < 4.78 is 0. The van der Waals surface area contributed by atoms with E-state index in [4.69, 9.17) is 17.3 Å². The van der Waals surface area contributed by atoms with Crippen LogP contribution in [0.5, 0.6) is 0 Å². The van der Waals surface area contributed by atoms with Gasteiger partial charge in [-0.3, -0.25) is 4.98 Å². The predicted molar refractivity (Wildman–Crippen MR) is 54.1 cm³/mol. The molecule has 0 aliphatic heterocycles. The lowest BCUT2D eigenvalue weighted by atomic mass is 10.2. The molecular formula is C8H7ClN4O. The normalized spacial score (nSPS) is 10.4. The maximum Gasteiger partial charge on any atom is 0.340 e. The highest BCUT2D eigenvalue weighted by atomic mass is 35.5. The minimum absolute atomic E-state index is 0.376. The van der Waals surface area contributed by atoms with E-state index in [2.05, 4.69) is 15.2 Å². The van der Waals surface area contributed by atoms with Gasteiger partial charge in [0.15, 0.2) is 5.82 Å². The summed E-state index contributed by atoms with van der Waals surface area (Å²) in [5.74, 6) is 0.384. The van der Waals surface area contributed by atoms with Crippen LogP contribution in [0.4, 0.5) is 5.69 Å². The van der Waals surface area contributed by atoms with Gasteiger partial charge in [0.05, 0.1) is 10.7 Å². The summed E-state index contributed by atoms with van der Waals surface area (Å²) in [6, 6.07) is 5.14. The molecule has 0 saturated heterocycles. The van der Waals surface area contributed by atoms with Crippen molar-refractivity contribution in [1.82, 2.24) is 15.2 Å². The number of anilines is 1. The number of aromatic nitrogens is 3. The number of benzene rings is 1. The number of hydrogen-bond donors (Lipinski definition) is 3. The smallest absolute Gasteiger partial charge is 0.340 e. The molecule has 0 saturated carbocycles. The number of rotatable bonds is 1. The number of nitrogens with one attached hydrogen (secondary N) is 2. The van der Waals surface area contributed by atoms with E-state index >= 15 is 0 Å². The Hall–Kier alpha value is -1.75. The zero-order chi connectivity index (χ0) is 10.1. The van der Waals surface area contributed by atoms with Crippen LogP contribution in [0, 0.1) is 0 Å². The summed E-state index contributed by atoms with van der Waals surface area (Å²) >= 11 is 5.82. The number of aromatic amines is 2. The van der Waals surface area contributed by atoms with Gasteiger partial charge in [-0.2, -0.15) is 5.10 Å². The number of nitrogen functional groups attached to an aromatic ring is 1. The third-order valence-corrected chi connectivity index (χ3v) is 2.14. The highest BCUT2D eigenvalue weighted by Crippen LogP contribution is 2.28. The first-order valence-corrected chi connectivity index (χ1v) is 4.25. The fourth-order valence-electron chi connectivity index (χ4n) is 1.14. The minimum Gasteiger partial charge on any atom is -0.397 e. The average Bonchev–Trinajstić information content (AvgIpc) is 2.57. The van der Waals surface area contributed by atoms with Gasteiger partial charge in [-0.1, -0.05) is 17.7 Å². The van der Waals surface area contributed by atoms with E-state index in [1.54, 1.807) is 18.2 Å². The van der Waals surface area contributed by atoms with Crippen LogP contribution in [-0.4, -0.2) is 15.2 Å². The van der Waals surface area contributed by atoms with Crippen LogP contribution in [0.25, 0.3) is 11.4 Å². The van der Waals surface area contributed by atoms with Gasteiger partial charge in [0, 0.05) is 5.56 Å². The standard InChI is InChI=1S/C8H7ClN4O/c9-5-3-1-2-4(6(5)10)7-11-8(14)13-12-7/h1-3H,10H2,(H2,11,12,13,14). The van der Waals surface area contributed by atoms with E-state index in [9.17, 15) is 4.79 Å². The van der Waals surface area contributed by atoms with Crippen LogP contribution in [0.1, 0.15) is 0 Å². The molecule has 72 valence electrons. The summed E-state index contributed by atoms with van der Waals surface area (Å²) in [7, 11) is 0. The summed E-state index contributed by atoms with van der Waals surface area (Å²) in [5.41, 5.74) is 6.35. The average molecular weight is 211 g/mol. The van der Waals surface area contributed by atoms with Gasteiger partial charge < -0.3 is 5.73 Å². The van der Waals surface area contributed by atoms with Gasteiger partial charge in [-0.25, -0.2) is 9.89 Å². The van der Waals surface area contributed by atoms with Crippen molar-refractivity contribution in [3.63, 3.8) is 0 Å². The number of hydrogen-bond acceptors (Lipinski definition) is 3. The van der Waals surface area contributed by atoms with E-state index in [0.717, 1.165) is 0 Å². The van der Waals surface area contributed by atoms with Crippen molar-refractivity contribution in [2.24, 2.45) is 0 Å². The molecule has 0 unspecified atom stereocenters. The molecule has 1 heterocycles.